The topological polar surface area (TPSA) is 54.5 Å². The molecule has 0 radical (unpaired) electrons. The predicted molar refractivity (Wildman–Crippen MR) is 113 cm³/mol. The molecular formula is C24H33F2N3O2. The van der Waals surface area contributed by atoms with Crippen LogP contribution in [0.25, 0.3) is 0 Å². The quantitative estimate of drug-likeness (QED) is 0.783. The number of ether oxygens (including phenoxy) is 1. The zero-order valence-corrected chi connectivity index (χ0v) is 18.3. The van der Waals surface area contributed by atoms with Crippen LogP contribution in [0.4, 0.5) is 8.78 Å². The van der Waals surface area contributed by atoms with Crippen molar-refractivity contribution in [2.24, 2.45) is 17.3 Å². The van der Waals surface area contributed by atoms with Gasteiger partial charge in [-0.05, 0) is 55.6 Å². The van der Waals surface area contributed by atoms with Crippen molar-refractivity contribution in [3.8, 4) is 0 Å². The molecule has 7 heteroatoms. The van der Waals surface area contributed by atoms with Gasteiger partial charge in [-0.1, -0.05) is 13.3 Å². The molecule has 1 amide bonds. The van der Waals surface area contributed by atoms with Crippen LogP contribution in [0.1, 0.15) is 68.7 Å². The maximum absolute atomic E-state index is 13.8. The summed E-state index contributed by atoms with van der Waals surface area (Å²) < 4.78 is 31.9. The van der Waals surface area contributed by atoms with E-state index in [0.717, 1.165) is 63.0 Å². The molecule has 1 aromatic rings. The molecular weight excluding hydrogens is 400 g/mol. The van der Waals surface area contributed by atoms with Gasteiger partial charge in [0.05, 0.1) is 12.0 Å². The number of fused-ring (bicyclic) bond motifs is 2. The number of hydrogen-bond donors (Lipinski definition) is 1. The van der Waals surface area contributed by atoms with Crippen molar-refractivity contribution in [3.05, 3.63) is 29.1 Å². The Hall–Kier alpha value is -1.60. The molecule has 2 saturated carbocycles. The number of alkyl halides is 2. The van der Waals surface area contributed by atoms with Gasteiger partial charge in [-0.25, -0.2) is 8.78 Å². The monoisotopic (exact) mass is 433 g/mol. The van der Waals surface area contributed by atoms with Crippen LogP contribution >= 0.6 is 0 Å². The lowest BCUT2D eigenvalue weighted by molar-refractivity contribution is -0.144. The molecule has 1 saturated heterocycles. The van der Waals surface area contributed by atoms with Crippen LogP contribution in [0.2, 0.25) is 0 Å². The van der Waals surface area contributed by atoms with Gasteiger partial charge in [-0.3, -0.25) is 9.78 Å². The average Bonchev–Trinajstić information content (AvgIpc) is 3.32. The van der Waals surface area contributed by atoms with Crippen LogP contribution in [-0.2, 0) is 22.5 Å². The second-order valence-corrected chi connectivity index (χ2v) is 10.1. The third-order valence-corrected chi connectivity index (χ3v) is 8.25. The summed E-state index contributed by atoms with van der Waals surface area (Å²) in [5.74, 6) is 1.17. The van der Waals surface area contributed by atoms with Gasteiger partial charge in [0.15, 0.2) is 0 Å². The number of amides is 1. The first-order valence-corrected chi connectivity index (χ1v) is 11.9. The van der Waals surface area contributed by atoms with E-state index in [9.17, 15) is 13.6 Å². The third-order valence-electron chi connectivity index (χ3n) is 8.25. The van der Waals surface area contributed by atoms with Gasteiger partial charge < -0.3 is 15.0 Å². The van der Waals surface area contributed by atoms with Crippen LogP contribution in [-0.4, -0.2) is 47.6 Å². The van der Waals surface area contributed by atoms with E-state index >= 15 is 0 Å². The Labute approximate surface area is 182 Å². The Balaban J connectivity index is 1.30. The molecule has 0 bridgehead atoms. The molecule has 4 aliphatic rings. The van der Waals surface area contributed by atoms with E-state index in [-0.39, 0.29) is 16.9 Å². The maximum atomic E-state index is 13.8. The summed E-state index contributed by atoms with van der Waals surface area (Å²) in [6.45, 7) is 4.89. The number of nitrogens with zero attached hydrogens (tertiary/aromatic N) is 2. The lowest BCUT2D eigenvalue weighted by atomic mass is 9.78. The van der Waals surface area contributed by atoms with E-state index in [0.29, 0.717) is 43.4 Å². The summed E-state index contributed by atoms with van der Waals surface area (Å²) in [6.07, 6.45) is 5.58. The summed E-state index contributed by atoms with van der Waals surface area (Å²) in [7, 11) is 0. The zero-order chi connectivity index (χ0) is 21.6. The first-order valence-electron chi connectivity index (χ1n) is 11.9. The lowest BCUT2D eigenvalue weighted by Crippen LogP contribution is -2.48. The molecule has 5 rings (SSSR count). The highest BCUT2D eigenvalue weighted by molar-refractivity contribution is 5.84. The van der Waals surface area contributed by atoms with Crippen LogP contribution < -0.4 is 5.32 Å². The van der Waals surface area contributed by atoms with Gasteiger partial charge in [0.25, 0.3) is 6.43 Å². The van der Waals surface area contributed by atoms with Gasteiger partial charge in [-0.2, -0.15) is 0 Å². The molecule has 2 aliphatic carbocycles. The predicted octanol–water partition coefficient (Wildman–Crippen LogP) is 3.87. The van der Waals surface area contributed by atoms with Gasteiger partial charge in [0, 0.05) is 55.7 Å². The van der Waals surface area contributed by atoms with Crippen molar-refractivity contribution in [3.63, 3.8) is 0 Å². The van der Waals surface area contributed by atoms with Crippen molar-refractivity contribution in [2.75, 3.05) is 19.8 Å². The lowest BCUT2D eigenvalue weighted by Gasteiger charge is -2.37. The second kappa shape index (κ2) is 8.39. The Morgan fingerprint density at radius 3 is 3.06 bits per heavy atom. The molecule has 0 aromatic carbocycles. The number of halogens is 2. The third kappa shape index (κ3) is 3.88. The number of carbonyl (C=O) groups excluding carboxylic acids is 1. The Morgan fingerprint density at radius 2 is 2.26 bits per heavy atom. The second-order valence-electron chi connectivity index (χ2n) is 10.1. The Bertz CT molecular complexity index is 835. The SMILES string of the molecule is C[C@@H]1COCC[C@H]1N[C@@H]1C[C@H]2CCC[C@@]2(C(=O)N2CCc3ncc(C(F)F)cc3C2)C1. The molecule has 1 N–H and O–H groups in total. The van der Waals surface area contributed by atoms with Gasteiger partial charge in [0.1, 0.15) is 0 Å². The largest absolute Gasteiger partial charge is 0.381 e. The van der Waals surface area contributed by atoms with Gasteiger partial charge in [0.2, 0.25) is 5.91 Å². The fourth-order valence-electron chi connectivity index (χ4n) is 6.60. The number of rotatable bonds is 4. The summed E-state index contributed by atoms with van der Waals surface area (Å²) in [5.41, 5.74) is 1.30. The number of hydrogen-bond acceptors (Lipinski definition) is 4. The molecule has 0 spiro atoms. The van der Waals surface area contributed by atoms with Crippen LogP contribution in [0.5, 0.6) is 0 Å². The van der Waals surface area contributed by atoms with E-state index in [2.05, 4.69) is 17.2 Å². The van der Waals surface area contributed by atoms with Gasteiger partial charge in [-0.15, -0.1) is 0 Å². The minimum Gasteiger partial charge on any atom is -0.381 e. The highest BCUT2D eigenvalue weighted by atomic mass is 19.3. The molecule has 31 heavy (non-hydrogen) atoms. The van der Waals surface area contributed by atoms with Crippen LogP contribution in [0.15, 0.2) is 12.3 Å². The highest BCUT2D eigenvalue weighted by Gasteiger charge is 2.56. The van der Waals surface area contributed by atoms with Crippen LogP contribution in [0, 0.1) is 17.3 Å². The summed E-state index contributed by atoms with van der Waals surface area (Å²) >= 11 is 0. The highest BCUT2D eigenvalue weighted by Crippen LogP contribution is 2.55. The van der Waals surface area contributed by atoms with Crippen molar-refractivity contribution in [2.45, 2.75) is 76.9 Å². The molecule has 2 aliphatic heterocycles. The number of carbonyl (C=O) groups is 1. The summed E-state index contributed by atoms with van der Waals surface area (Å²) in [6, 6.07) is 2.39. The first kappa shape index (κ1) is 21.3. The molecule has 170 valence electrons. The zero-order valence-electron chi connectivity index (χ0n) is 18.3. The summed E-state index contributed by atoms with van der Waals surface area (Å²) in [5, 5.41) is 3.87. The fraction of sp³-hybridized carbons (Fsp3) is 0.750. The molecule has 3 heterocycles. The standard InChI is InChI=1S/C24H33F2N3O2/c1-15-14-31-8-5-20(15)28-19-10-18-3-2-6-24(18,11-19)23(30)29-7-4-21-17(13-29)9-16(12-27-21)22(25)26/h9,12,15,18-20,22,28H,2-8,10-11,13-14H2,1H3/t15-,18-,19-,20-,24-/m1/s1. The fourth-order valence-corrected chi connectivity index (χ4v) is 6.60. The van der Waals surface area contributed by atoms with E-state index in [1.165, 1.54) is 6.20 Å². The minimum absolute atomic E-state index is 0.0549. The molecule has 3 fully saturated rings. The Morgan fingerprint density at radius 1 is 1.39 bits per heavy atom. The summed E-state index contributed by atoms with van der Waals surface area (Å²) in [4.78, 5) is 20.0. The number of aromatic nitrogens is 1. The molecule has 5 nitrogen and oxygen atoms in total. The van der Waals surface area contributed by atoms with E-state index in [1.807, 2.05) is 4.90 Å². The Kier molecular flexibility index (Phi) is 5.76. The molecule has 5 atom stereocenters. The maximum Gasteiger partial charge on any atom is 0.265 e. The van der Waals surface area contributed by atoms with E-state index in [4.69, 9.17) is 4.74 Å². The first-order chi connectivity index (χ1) is 15.0. The average molecular weight is 434 g/mol. The van der Waals surface area contributed by atoms with E-state index in [1.54, 1.807) is 6.07 Å². The van der Waals surface area contributed by atoms with Crippen molar-refractivity contribution in [1.29, 1.82) is 0 Å². The van der Waals surface area contributed by atoms with Crippen molar-refractivity contribution >= 4 is 5.91 Å². The van der Waals surface area contributed by atoms with Gasteiger partial charge >= 0.3 is 0 Å². The number of nitrogens with one attached hydrogen (secondary N) is 1. The van der Waals surface area contributed by atoms with Crippen molar-refractivity contribution in [1.82, 2.24) is 15.2 Å². The number of pyridine rings is 1. The van der Waals surface area contributed by atoms with Crippen LogP contribution in [0.3, 0.4) is 0 Å². The van der Waals surface area contributed by atoms with E-state index < -0.39 is 6.43 Å². The molecule has 1 aromatic heterocycles. The minimum atomic E-state index is -2.53. The van der Waals surface area contributed by atoms with Crippen molar-refractivity contribution < 1.29 is 18.3 Å². The normalized spacial score (nSPS) is 35.3. The molecule has 0 unspecified atom stereocenters. The smallest absolute Gasteiger partial charge is 0.265 e.